The second-order valence-electron chi connectivity index (χ2n) is 15.2. The molecule has 22 heteroatoms. The van der Waals surface area contributed by atoms with Gasteiger partial charge in [0.1, 0.15) is 42.5 Å². The fourth-order valence-corrected chi connectivity index (χ4v) is 5.73. The highest BCUT2D eigenvalue weighted by Crippen LogP contribution is 2.13. The van der Waals surface area contributed by atoms with Crippen LogP contribution in [0.15, 0.2) is 34.3 Å². The zero-order valence-electron chi connectivity index (χ0n) is 35.0. The number of aliphatic imine (C=N–C) groups is 2. The number of rotatable bonds is 27. The van der Waals surface area contributed by atoms with Crippen LogP contribution in [0.2, 0.25) is 0 Å². The molecule has 0 spiro atoms. The van der Waals surface area contributed by atoms with Crippen molar-refractivity contribution in [2.45, 2.75) is 116 Å². The van der Waals surface area contributed by atoms with E-state index in [-0.39, 0.29) is 81.1 Å². The van der Waals surface area contributed by atoms with Gasteiger partial charge in [0.25, 0.3) is 0 Å². The summed E-state index contributed by atoms with van der Waals surface area (Å²) in [5.41, 5.74) is 28.3. The molecule has 1 rings (SSSR count). The van der Waals surface area contributed by atoms with E-state index < -0.39 is 84.2 Å². The van der Waals surface area contributed by atoms with E-state index in [0.29, 0.717) is 12.0 Å². The summed E-state index contributed by atoms with van der Waals surface area (Å²) in [6.07, 6.45) is 0.949. The molecule has 60 heavy (non-hydrogen) atoms. The van der Waals surface area contributed by atoms with Gasteiger partial charge in [0.05, 0.1) is 6.04 Å². The van der Waals surface area contributed by atoms with E-state index in [1.54, 1.807) is 13.8 Å². The third-order valence-electron chi connectivity index (χ3n) is 8.73. The number of nitrogens with one attached hydrogen (secondary N) is 6. The number of nitrogens with two attached hydrogens (primary N) is 5. The van der Waals surface area contributed by atoms with Crippen molar-refractivity contribution < 1.29 is 43.8 Å². The van der Waals surface area contributed by atoms with Gasteiger partial charge in [0.15, 0.2) is 11.9 Å². The zero-order chi connectivity index (χ0) is 45.5. The number of carboxylic acids is 1. The molecule has 1 aromatic carbocycles. The van der Waals surface area contributed by atoms with Crippen LogP contribution < -0.4 is 60.6 Å². The Morgan fingerprint density at radius 2 is 1.05 bits per heavy atom. The highest BCUT2D eigenvalue weighted by atomic mass is 16.4. The number of phenolic OH excluding ortho intramolecular Hbond substituents is 1. The Labute approximate surface area is 350 Å². The van der Waals surface area contributed by atoms with Crippen LogP contribution in [-0.4, -0.2) is 119 Å². The first kappa shape index (κ1) is 51.8. The second-order valence-corrected chi connectivity index (χ2v) is 15.2. The van der Waals surface area contributed by atoms with Crippen molar-refractivity contribution >= 4 is 53.3 Å². The number of nitrogens with zero attached hydrogens (tertiary/aromatic N) is 2. The monoisotopic (exact) mass is 848 g/mol. The molecule has 6 atom stereocenters. The van der Waals surface area contributed by atoms with E-state index in [9.17, 15) is 38.7 Å². The zero-order valence-corrected chi connectivity index (χ0v) is 35.0. The molecule has 0 bridgehead atoms. The first-order chi connectivity index (χ1) is 28.1. The van der Waals surface area contributed by atoms with Gasteiger partial charge in [-0.05, 0) is 75.0 Å². The van der Waals surface area contributed by atoms with Crippen LogP contribution in [0.3, 0.4) is 0 Å². The number of carboxylic acid groups (broad SMARTS) is 1. The fourth-order valence-electron chi connectivity index (χ4n) is 5.73. The van der Waals surface area contributed by atoms with E-state index in [4.69, 9.17) is 33.8 Å². The number of amides is 6. The first-order valence-corrected chi connectivity index (χ1v) is 19.7. The summed E-state index contributed by atoms with van der Waals surface area (Å²) in [4.78, 5) is 99.6. The Morgan fingerprint density at radius 1 is 0.600 bits per heavy atom. The minimum absolute atomic E-state index is 0.00269. The predicted octanol–water partition coefficient (Wildman–Crippen LogP) is -2.89. The summed E-state index contributed by atoms with van der Waals surface area (Å²) in [5, 5.41) is 34.1. The molecule has 0 aliphatic heterocycles. The molecule has 0 radical (unpaired) electrons. The van der Waals surface area contributed by atoms with E-state index >= 15 is 0 Å². The minimum Gasteiger partial charge on any atom is -0.508 e. The summed E-state index contributed by atoms with van der Waals surface area (Å²) in [6.45, 7) is 8.30. The number of phenols is 1. The number of hydrogen-bond donors (Lipinski definition) is 13. The normalized spacial score (nSPS) is 13.9. The van der Waals surface area contributed by atoms with E-state index in [2.05, 4.69) is 41.9 Å². The Morgan fingerprint density at radius 3 is 1.53 bits per heavy atom. The summed E-state index contributed by atoms with van der Waals surface area (Å²) in [6, 6.07) is -1.25. The third kappa shape index (κ3) is 21.5. The SMILES string of the molecule is CC(C)C[C@H](NC(=O)[C@H](Cc1ccc(O)cc1)NC(=O)[C@H](C)NC(=O)[C@H](CCCN=C(N)N)NC(=O)[C@H](CCCN=C(N)N)NC(=O)[C@@H](N)CC(C)C)C(=O)NCC(=O)O. The van der Waals surface area contributed by atoms with Gasteiger partial charge in [-0.25, -0.2) is 0 Å². The van der Waals surface area contributed by atoms with Crippen LogP contribution in [-0.2, 0) is 40.0 Å². The average Bonchev–Trinajstić information content (AvgIpc) is 3.15. The van der Waals surface area contributed by atoms with Crippen molar-refractivity contribution in [1.29, 1.82) is 0 Å². The smallest absolute Gasteiger partial charge is 0.322 e. The molecule has 0 aliphatic carbocycles. The molecule has 6 amide bonds. The van der Waals surface area contributed by atoms with Gasteiger partial charge in [-0.1, -0.05) is 39.8 Å². The Bertz CT molecular complexity index is 1650. The van der Waals surface area contributed by atoms with Crippen molar-refractivity contribution in [2.75, 3.05) is 19.6 Å². The van der Waals surface area contributed by atoms with Gasteiger partial charge in [-0.15, -0.1) is 0 Å². The maximum Gasteiger partial charge on any atom is 0.322 e. The van der Waals surface area contributed by atoms with Gasteiger partial charge in [-0.2, -0.15) is 0 Å². The number of hydrogen-bond acceptors (Lipinski definition) is 11. The Hall–Kier alpha value is -6.19. The van der Waals surface area contributed by atoms with Crippen LogP contribution in [0, 0.1) is 11.8 Å². The molecule has 0 aromatic heterocycles. The first-order valence-electron chi connectivity index (χ1n) is 19.7. The summed E-state index contributed by atoms with van der Waals surface area (Å²) < 4.78 is 0. The molecule has 0 fully saturated rings. The number of benzene rings is 1. The fraction of sp³-hybridized carbons (Fsp3) is 0.605. The standard InChI is InChI=1S/C38H65N13O9/c1-20(2)16-25(39)32(56)48-27(9-7-15-45-38(42)43)35(59)49-26(8-6-14-44-37(40)41)34(58)47-22(5)31(55)50-29(18-23-10-12-24(52)13-11-23)36(60)51-28(17-21(3)4)33(57)46-19-30(53)54/h10-13,20-22,25-29,52H,6-9,14-19,39H2,1-5H3,(H,46,57)(H,47,58)(H,48,56)(H,49,59)(H,50,55)(H,51,60)(H,53,54)(H4,40,41,44)(H4,42,43,45)/t22-,25-,26-,27-,28-,29-/m0/s1. The summed E-state index contributed by atoms with van der Waals surface area (Å²) in [7, 11) is 0. The van der Waals surface area contributed by atoms with Crippen LogP contribution >= 0.6 is 0 Å². The van der Waals surface area contributed by atoms with Crippen LogP contribution in [0.25, 0.3) is 0 Å². The molecule has 0 saturated heterocycles. The van der Waals surface area contributed by atoms with Gasteiger partial charge in [0.2, 0.25) is 35.4 Å². The van der Waals surface area contributed by atoms with Gasteiger partial charge < -0.3 is 70.8 Å². The highest BCUT2D eigenvalue weighted by Gasteiger charge is 2.32. The number of carbonyl (C=O) groups excluding carboxylic acids is 6. The lowest BCUT2D eigenvalue weighted by atomic mass is 10.0. The predicted molar refractivity (Wildman–Crippen MR) is 224 cm³/mol. The van der Waals surface area contributed by atoms with Gasteiger partial charge in [-0.3, -0.25) is 43.5 Å². The lowest BCUT2D eigenvalue weighted by Gasteiger charge is -2.27. The van der Waals surface area contributed by atoms with Crippen LogP contribution in [0.5, 0.6) is 5.75 Å². The van der Waals surface area contributed by atoms with Crippen molar-refractivity contribution in [2.24, 2.45) is 50.5 Å². The third-order valence-corrected chi connectivity index (χ3v) is 8.73. The molecular formula is C38H65N13O9. The topological polar surface area (TPSA) is 387 Å². The molecule has 0 unspecified atom stereocenters. The van der Waals surface area contributed by atoms with Crippen molar-refractivity contribution in [1.82, 2.24) is 31.9 Å². The van der Waals surface area contributed by atoms with Crippen LogP contribution in [0.4, 0.5) is 0 Å². The van der Waals surface area contributed by atoms with Gasteiger partial charge in [0, 0.05) is 19.5 Å². The van der Waals surface area contributed by atoms with Crippen molar-refractivity contribution in [3.05, 3.63) is 29.8 Å². The van der Waals surface area contributed by atoms with E-state index in [1.807, 2.05) is 13.8 Å². The van der Waals surface area contributed by atoms with Crippen molar-refractivity contribution in [3.8, 4) is 5.75 Å². The minimum atomic E-state index is -1.32. The molecule has 0 aliphatic rings. The molecule has 18 N–H and O–H groups in total. The maximum atomic E-state index is 13.8. The molecule has 0 heterocycles. The summed E-state index contributed by atoms with van der Waals surface area (Å²) in [5.74, 6) is -6.09. The molecule has 22 nitrogen and oxygen atoms in total. The maximum absolute atomic E-state index is 13.8. The van der Waals surface area contributed by atoms with E-state index in [0.717, 1.165) is 0 Å². The van der Waals surface area contributed by atoms with Crippen molar-refractivity contribution in [3.63, 3.8) is 0 Å². The number of guanidine groups is 2. The molecule has 1 aromatic rings. The lowest BCUT2D eigenvalue weighted by molar-refractivity contribution is -0.138. The quantitative estimate of drug-likeness (QED) is 0.0240. The highest BCUT2D eigenvalue weighted by molar-refractivity contribution is 5.97. The number of aliphatic carboxylic acids is 1. The molecule has 336 valence electrons. The van der Waals surface area contributed by atoms with Gasteiger partial charge >= 0.3 is 5.97 Å². The Balaban J connectivity index is 3.35. The van der Waals surface area contributed by atoms with Crippen LogP contribution in [0.1, 0.15) is 78.7 Å². The number of carbonyl (C=O) groups is 7. The number of aromatic hydroxyl groups is 1. The summed E-state index contributed by atoms with van der Waals surface area (Å²) >= 11 is 0. The molecular weight excluding hydrogens is 782 g/mol. The Kier molecular flexibility index (Phi) is 23.1. The van der Waals surface area contributed by atoms with E-state index in [1.165, 1.54) is 31.2 Å². The second kappa shape index (κ2) is 26.7. The average molecular weight is 848 g/mol. The molecule has 0 saturated carbocycles. The lowest BCUT2D eigenvalue weighted by Crippen LogP contribution is -2.59. The largest absolute Gasteiger partial charge is 0.508 e.